The van der Waals surface area contributed by atoms with Crippen LogP contribution in [-0.4, -0.2) is 17.0 Å². The van der Waals surface area contributed by atoms with E-state index in [2.05, 4.69) is 20.9 Å². The number of nitrogens with zero attached hydrogens (tertiary/aromatic N) is 1. The van der Waals surface area contributed by atoms with Gasteiger partial charge in [0.15, 0.2) is 5.17 Å². The molecule has 120 valence electrons. The Bertz CT molecular complexity index is 876. The van der Waals surface area contributed by atoms with Crippen molar-refractivity contribution in [2.24, 2.45) is 10.7 Å². The maximum Gasteiger partial charge on any atom is 0.343 e. The van der Waals surface area contributed by atoms with Gasteiger partial charge in [-0.1, -0.05) is 34.1 Å². The average Bonchev–Trinajstić information content (AvgIpc) is 2.87. The highest BCUT2D eigenvalue weighted by molar-refractivity contribution is 9.10. The summed E-state index contributed by atoms with van der Waals surface area (Å²) in [5.41, 5.74) is 6.75. The Morgan fingerprint density at radius 1 is 1.21 bits per heavy atom. The van der Waals surface area contributed by atoms with Crippen LogP contribution in [0, 0.1) is 0 Å². The van der Waals surface area contributed by atoms with E-state index in [0.717, 1.165) is 21.8 Å². The van der Waals surface area contributed by atoms with Gasteiger partial charge in [0.1, 0.15) is 5.75 Å². The zero-order valence-corrected chi connectivity index (χ0v) is 14.6. The van der Waals surface area contributed by atoms with Crippen LogP contribution in [-0.2, 0) is 4.79 Å². The van der Waals surface area contributed by atoms with Crippen molar-refractivity contribution in [1.29, 1.82) is 0 Å². The van der Waals surface area contributed by atoms with E-state index in [-0.39, 0.29) is 11.1 Å². The number of halogens is 1. The molecule has 0 radical (unpaired) electrons. The molecule has 5 nitrogen and oxygen atoms in total. The van der Waals surface area contributed by atoms with Crippen molar-refractivity contribution < 1.29 is 14.3 Å². The number of amides is 1. The van der Waals surface area contributed by atoms with Crippen molar-refractivity contribution in [3.63, 3.8) is 0 Å². The molecular formula is C17H11BrN2O3S. The van der Waals surface area contributed by atoms with E-state index in [1.807, 2.05) is 6.07 Å². The summed E-state index contributed by atoms with van der Waals surface area (Å²) in [5, 5.41) is 0.242. The zero-order valence-electron chi connectivity index (χ0n) is 12.2. The maximum absolute atomic E-state index is 12.1. The molecule has 0 spiro atoms. The van der Waals surface area contributed by atoms with Crippen molar-refractivity contribution >= 4 is 50.8 Å². The summed E-state index contributed by atoms with van der Waals surface area (Å²) in [7, 11) is 0. The minimum atomic E-state index is -0.440. The number of amidine groups is 1. The highest BCUT2D eigenvalue weighted by atomic mass is 79.9. The number of rotatable bonds is 3. The van der Waals surface area contributed by atoms with E-state index in [9.17, 15) is 9.59 Å². The first-order valence-corrected chi connectivity index (χ1v) is 8.48. The minimum absolute atomic E-state index is 0.242. The first kappa shape index (κ1) is 16.5. The Morgan fingerprint density at radius 3 is 2.58 bits per heavy atom. The summed E-state index contributed by atoms with van der Waals surface area (Å²) >= 11 is 4.45. The molecule has 0 bridgehead atoms. The summed E-state index contributed by atoms with van der Waals surface area (Å²) < 4.78 is 6.13. The van der Waals surface area contributed by atoms with Crippen LogP contribution in [0.1, 0.15) is 15.9 Å². The standard InChI is InChI=1S/C17H11BrN2O3S/c18-12-3-1-2-11(9-12)16(22)23-13-6-4-10(5-7-13)8-14-15(21)20-17(19)24-14/h1-9H,(H2,19,20,21). The highest BCUT2D eigenvalue weighted by Crippen LogP contribution is 2.27. The molecule has 0 fully saturated rings. The molecule has 0 aliphatic carbocycles. The fourth-order valence-electron chi connectivity index (χ4n) is 1.99. The van der Waals surface area contributed by atoms with Crippen LogP contribution in [0.5, 0.6) is 5.75 Å². The lowest BCUT2D eigenvalue weighted by atomic mass is 10.2. The Hall–Kier alpha value is -2.38. The molecule has 2 N–H and O–H groups in total. The van der Waals surface area contributed by atoms with Crippen LogP contribution in [0.2, 0.25) is 0 Å². The predicted molar refractivity (Wildman–Crippen MR) is 97.7 cm³/mol. The third-order valence-corrected chi connectivity index (χ3v) is 4.39. The monoisotopic (exact) mass is 402 g/mol. The molecule has 7 heteroatoms. The quantitative estimate of drug-likeness (QED) is 0.481. The molecule has 1 aliphatic heterocycles. The summed E-state index contributed by atoms with van der Waals surface area (Å²) in [6.45, 7) is 0. The number of hydrogen-bond acceptors (Lipinski definition) is 5. The van der Waals surface area contributed by atoms with Crippen molar-refractivity contribution in [2.75, 3.05) is 0 Å². The van der Waals surface area contributed by atoms with Gasteiger partial charge in [-0.25, -0.2) is 4.79 Å². The number of ether oxygens (including phenoxy) is 1. The van der Waals surface area contributed by atoms with Gasteiger partial charge in [-0.05, 0) is 53.7 Å². The summed E-state index contributed by atoms with van der Waals surface area (Å²) in [4.78, 5) is 27.7. The first-order chi connectivity index (χ1) is 11.5. The molecule has 1 amide bonds. The van der Waals surface area contributed by atoms with Crippen LogP contribution in [0.4, 0.5) is 0 Å². The van der Waals surface area contributed by atoms with Crippen LogP contribution in [0.15, 0.2) is 62.9 Å². The lowest BCUT2D eigenvalue weighted by Gasteiger charge is -2.05. The molecule has 2 aromatic rings. The van der Waals surface area contributed by atoms with E-state index in [0.29, 0.717) is 16.2 Å². The number of nitrogens with two attached hydrogens (primary N) is 1. The van der Waals surface area contributed by atoms with E-state index < -0.39 is 5.97 Å². The molecule has 1 heterocycles. The molecule has 24 heavy (non-hydrogen) atoms. The van der Waals surface area contributed by atoms with E-state index in [1.54, 1.807) is 48.5 Å². The second-order valence-corrected chi connectivity index (χ2v) is 6.81. The lowest BCUT2D eigenvalue weighted by molar-refractivity contribution is -0.113. The molecular weight excluding hydrogens is 392 g/mol. The van der Waals surface area contributed by atoms with Crippen molar-refractivity contribution in [2.45, 2.75) is 0 Å². The number of carbonyl (C=O) groups excluding carboxylic acids is 2. The van der Waals surface area contributed by atoms with Crippen molar-refractivity contribution in [3.05, 3.63) is 69.0 Å². The van der Waals surface area contributed by atoms with Gasteiger partial charge >= 0.3 is 5.97 Å². The van der Waals surface area contributed by atoms with Gasteiger partial charge in [-0.3, -0.25) is 4.79 Å². The Balaban J connectivity index is 1.70. The normalized spacial score (nSPS) is 15.5. The van der Waals surface area contributed by atoms with Gasteiger partial charge in [0.25, 0.3) is 5.91 Å². The Kier molecular flexibility index (Phi) is 4.82. The summed E-state index contributed by atoms with van der Waals surface area (Å²) in [6.07, 6.45) is 1.69. The molecule has 0 saturated heterocycles. The molecule has 0 saturated carbocycles. The number of thioether (sulfide) groups is 1. The third kappa shape index (κ3) is 3.93. The second-order valence-electron chi connectivity index (χ2n) is 4.83. The Morgan fingerprint density at radius 2 is 1.96 bits per heavy atom. The highest BCUT2D eigenvalue weighted by Gasteiger charge is 2.19. The van der Waals surface area contributed by atoms with Crippen LogP contribution in [0.3, 0.4) is 0 Å². The smallest absolute Gasteiger partial charge is 0.343 e. The summed E-state index contributed by atoms with van der Waals surface area (Å²) in [5.74, 6) is -0.365. The maximum atomic E-state index is 12.1. The topological polar surface area (TPSA) is 81.8 Å². The van der Waals surface area contributed by atoms with Gasteiger partial charge < -0.3 is 10.5 Å². The van der Waals surface area contributed by atoms with Crippen molar-refractivity contribution in [3.8, 4) is 5.75 Å². The molecule has 1 aliphatic rings. The van der Waals surface area contributed by atoms with E-state index in [1.165, 1.54) is 0 Å². The number of hydrogen-bond donors (Lipinski definition) is 1. The lowest BCUT2D eigenvalue weighted by Crippen LogP contribution is -2.08. The molecule has 0 atom stereocenters. The van der Waals surface area contributed by atoms with Gasteiger partial charge in [0, 0.05) is 4.47 Å². The first-order valence-electron chi connectivity index (χ1n) is 6.87. The largest absolute Gasteiger partial charge is 0.423 e. The van der Waals surface area contributed by atoms with E-state index >= 15 is 0 Å². The van der Waals surface area contributed by atoms with Gasteiger partial charge in [0.2, 0.25) is 0 Å². The molecule has 3 rings (SSSR count). The van der Waals surface area contributed by atoms with Crippen LogP contribution < -0.4 is 10.5 Å². The Labute approximate surface area is 150 Å². The fraction of sp³-hybridized carbons (Fsp3) is 0. The zero-order chi connectivity index (χ0) is 17.1. The number of benzene rings is 2. The fourth-order valence-corrected chi connectivity index (χ4v) is 3.07. The molecule has 0 unspecified atom stereocenters. The van der Waals surface area contributed by atoms with E-state index in [4.69, 9.17) is 10.5 Å². The van der Waals surface area contributed by atoms with Crippen molar-refractivity contribution in [1.82, 2.24) is 0 Å². The molecule has 0 aromatic heterocycles. The SMILES string of the molecule is NC1=NC(=O)C(=Cc2ccc(OC(=O)c3cccc(Br)c3)cc2)S1. The third-order valence-electron chi connectivity index (χ3n) is 3.09. The van der Waals surface area contributed by atoms with Crippen LogP contribution >= 0.6 is 27.7 Å². The van der Waals surface area contributed by atoms with Gasteiger partial charge in [0.05, 0.1) is 10.5 Å². The molecule has 2 aromatic carbocycles. The van der Waals surface area contributed by atoms with Gasteiger partial charge in [-0.15, -0.1) is 0 Å². The average molecular weight is 403 g/mol. The number of aliphatic imine (C=N–C) groups is 1. The second kappa shape index (κ2) is 7.02. The van der Waals surface area contributed by atoms with Crippen LogP contribution in [0.25, 0.3) is 6.08 Å². The minimum Gasteiger partial charge on any atom is -0.423 e. The summed E-state index contributed by atoms with van der Waals surface area (Å²) in [6, 6.07) is 13.8. The van der Waals surface area contributed by atoms with Gasteiger partial charge in [-0.2, -0.15) is 4.99 Å². The predicted octanol–water partition coefficient (Wildman–Crippen LogP) is 3.60. The number of esters is 1. The number of carbonyl (C=O) groups is 2.